The van der Waals surface area contributed by atoms with Crippen molar-refractivity contribution in [2.75, 3.05) is 95.6 Å². The number of carbonyl (C=O) groups excluding carboxylic acids is 1. The molecule has 712 valence electrons. The van der Waals surface area contributed by atoms with Gasteiger partial charge in [0.05, 0.1) is 70.1 Å². The number of phenolic OH excluding ortho intramolecular Hbond substituents is 1. The highest BCUT2D eigenvalue weighted by Gasteiger charge is 2.37. The maximum atomic E-state index is 12.0. The summed E-state index contributed by atoms with van der Waals surface area (Å²) in [7, 11) is 0. The normalized spacial score (nSPS) is 13.9. The fourth-order valence-corrected chi connectivity index (χ4v) is 28.9. The maximum Gasteiger partial charge on any atom is 0.316 e. The van der Waals surface area contributed by atoms with Gasteiger partial charge >= 0.3 is 5.97 Å². The molecule has 0 amide bonds. The lowest BCUT2D eigenvalue weighted by atomic mass is 9.91. The first-order valence-corrected chi connectivity index (χ1v) is 59.5. The van der Waals surface area contributed by atoms with Crippen LogP contribution >= 0.6 is 140 Å². The Morgan fingerprint density at radius 1 is 0.362 bits per heavy atom. The first-order chi connectivity index (χ1) is 69.4. The lowest BCUT2D eigenvalue weighted by molar-refractivity contribution is -0.139. The molecule has 6 heterocycles. The van der Waals surface area contributed by atoms with Crippen molar-refractivity contribution >= 4 is 254 Å². The lowest BCUT2D eigenvalue weighted by Crippen LogP contribution is -2.22. The summed E-state index contributed by atoms with van der Waals surface area (Å²) in [6, 6.07) is 136. The molecule has 0 bridgehead atoms. The molecule has 1 atom stereocenters. The van der Waals surface area contributed by atoms with Crippen molar-refractivity contribution in [1.82, 2.24) is 0 Å². The second-order valence-electron chi connectivity index (χ2n) is 33.1. The third-order valence-electron chi connectivity index (χ3n) is 24.4. The molecule has 1 saturated heterocycles. The fraction of sp³-hybridized carbons (Fsp3) is 0.158. The number of thioether (sulfide) groups is 10. The molecule has 0 aliphatic carbocycles. The molecule has 3 N–H and O–H groups in total. The van der Waals surface area contributed by atoms with Crippen LogP contribution in [-0.4, -0.2) is 105 Å². The summed E-state index contributed by atoms with van der Waals surface area (Å²) in [4.78, 5) is 23.8. The highest BCUT2D eigenvalue weighted by atomic mass is 127. The predicted octanol–water partition coefficient (Wildman–Crippen LogP) is 34.5. The summed E-state index contributed by atoms with van der Waals surface area (Å²) in [5.41, 5.74) is 36.8. The molecule has 141 heavy (non-hydrogen) atoms. The Kier molecular flexibility index (Phi) is 36.2. The van der Waals surface area contributed by atoms with Crippen LogP contribution in [0.15, 0.2) is 409 Å². The molecule has 0 spiro atoms. The van der Waals surface area contributed by atoms with E-state index in [0.29, 0.717) is 23.9 Å². The van der Waals surface area contributed by atoms with Crippen molar-refractivity contribution in [3.63, 3.8) is 0 Å². The van der Waals surface area contributed by atoms with Gasteiger partial charge < -0.3 is 44.6 Å². The summed E-state index contributed by atoms with van der Waals surface area (Å²) in [6.45, 7) is 5.03. The average molecular weight is 2150 g/mol. The summed E-state index contributed by atoms with van der Waals surface area (Å²) in [5, 5.41) is 29.7. The van der Waals surface area contributed by atoms with Gasteiger partial charge in [0.15, 0.2) is 0 Å². The molecule has 21 heteroatoms. The number of benzene rings is 15. The van der Waals surface area contributed by atoms with E-state index in [0.717, 1.165) is 57.2 Å². The van der Waals surface area contributed by atoms with Gasteiger partial charge in [-0.15, -0.1) is 118 Å². The van der Waals surface area contributed by atoms with Crippen molar-refractivity contribution in [3.8, 4) is 5.75 Å². The maximum absolute atomic E-state index is 12.0. The topological polar surface area (TPSA) is 103 Å². The number of para-hydroxylation sites is 14. The standard InChI is InChI=1S/C25H23NO2S2.C25H25NOS2.C24H22INS2.C23H19NOS2.C23H21NOS2/c1-3-28-23(27)17-30-25(29-2)24-19-13-7-9-15-21(19)26(18-11-5-4-6-12-18)22-16-10-8-14-20(22)24;1-3-19(27)17-29-25(28-2)24-20-13-7-9-15-22(20)26(18-11-5-4-6-12-18)23-16-10-8-14-21(23)24;1-27-24(28-17-9-16-25)23-19-12-5-7-14-21(19)26(18-10-3-2-4-11-18)22-15-8-6-13-20(22)23;25-17-14-26-23(27-15-17)22-18-10-4-6-12-20(18)24(16-8-2-1-3-9-16)21-13-7-5-11-19(21)22;1-26-23(27-2)22-18-7-3-5-9-20(18)24(21-10-6-4-8-19(21)22)15-16-11-13-17(25)14-12-16/h4-16H,3,17H2,1-2H3;4-16,19,27H,3,17H2,1-2H3;2-8,10-15H,9,16-17H2,1H3;1-13,17,25H,14-15H2;3-14,25H,15H2,1-2H3. The van der Waals surface area contributed by atoms with E-state index in [4.69, 9.17) is 4.74 Å². The van der Waals surface area contributed by atoms with E-state index < -0.39 is 0 Å². The molecular weight excluding hydrogens is 2040 g/mol. The minimum atomic E-state index is -0.280. The zero-order valence-corrected chi connectivity index (χ0v) is 89.9. The molecule has 0 saturated carbocycles. The van der Waals surface area contributed by atoms with Crippen molar-refractivity contribution in [2.45, 2.75) is 45.4 Å². The lowest BCUT2D eigenvalue weighted by Gasteiger charge is -2.36. The first kappa shape index (κ1) is 102. The monoisotopic (exact) mass is 2150 g/mol. The Morgan fingerprint density at radius 3 is 0.950 bits per heavy atom. The fourth-order valence-electron chi connectivity index (χ4n) is 18.1. The third-order valence-corrected chi connectivity index (χ3v) is 37.1. The van der Waals surface area contributed by atoms with E-state index >= 15 is 0 Å². The largest absolute Gasteiger partial charge is 0.508 e. The SMILES string of the molecule is CCC(O)CSC(SC)=C1c2ccccc2N(c2ccccc2)c2ccccc21.CCOC(=O)CSC(SC)=C1c2ccccc2N(c2ccccc2)c2ccccc21.CSC(SC)=C1c2ccccc2N(Cc2ccc(O)cc2)c2ccccc21.CSC(SCCCI)=C1c2ccccc2N(c2ccccc2)c2ccccc21.OC1CSC(=C2c3ccccc3N(c3ccccc3)c3ccccc32)SC1. The summed E-state index contributed by atoms with van der Waals surface area (Å²) >= 11 is 20.3. The molecule has 6 aliphatic heterocycles. The number of nitrogens with zero attached hydrogens (tertiary/aromatic N) is 5. The van der Waals surface area contributed by atoms with Crippen LogP contribution in [0.3, 0.4) is 0 Å². The van der Waals surface area contributed by atoms with E-state index in [9.17, 15) is 20.1 Å². The van der Waals surface area contributed by atoms with Crippen LogP contribution in [0.1, 0.15) is 87.9 Å². The number of anilines is 14. The van der Waals surface area contributed by atoms with Gasteiger partial charge in [-0.1, -0.05) is 296 Å². The van der Waals surface area contributed by atoms with Gasteiger partial charge in [-0.05, 0) is 184 Å². The average Bonchev–Trinajstić information content (AvgIpc) is 0.751. The predicted molar refractivity (Wildman–Crippen MR) is 634 cm³/mol. The van der Waals surface area contributed by atoms with E-state index in [1.165, 1.54) is 174 Å². The Hall–Kier alpha value is -10.6. The number of carbonyl (C=O) groups is 1. The molecule has 10 nitrogen and oxygen atoms in total. The van der Waals surface area contributed by atoms with Gasteiger partial charge in [-0.2, -0.15) is 0 Å². The number of halogens is 1. The van der Waals surface area contributed by atoms with Crippen LogP contribution in [0.4, 0.5) is 79.6 Å². The molecule has 0 radical (unpaired) electrons. The number of rotatable bonds is 23. The van der Waals surface area contributed by atoms with Gasteiger partial charge in [-0.25, -0.2) is 0 Å². The zero-order valence-electron chi connectivity index (χ0n) is 79.5. The molecular formula is C120H110IN5O5S10. The Morgan fingerprint density at radius 2 is 0.638 bits per heavy atom. The molecule has 6 aliphatic rings. The number of ether oxygens (including phenoxy) is 1. The van der Waals surface area contributed by atoms with Crippen molar-refractivity contribution < 1.29 is 24.9 Å². The molecule has 21 rings (SSSR count). The van der Waals surface area contributed by atoms with Gasteiger partial charge in [-0.3, -0.25) is 4.79 Å². The minimum Gasteiger partial charge on any atom is -0.508 e. The zero-order chi connectivity index (χ0) is 97.5. The van der Waals surface area contributed by atoms with Gasteiger partial charge in [0.25, 0.3) is 0 Å². The highest BCUT2D eigenvalue weighted by molar-refractivity contribution is 14.1. The number of aliphatic hydroxyl groups excluding tert-OH is 2. The molecule has 0 aromatic heterocycles. The van der Waals surface area contributed by atoms with Gasteiger partial charge in [0, 0.05) is 167 Å². The van der Waals surface area contributed by atoms with E-state index in [1.54, 1.807) is 106 Å². The first-order valence-electron chi connectivity index (χ1n) is 46.9. The van der Waals surface area contributed by atoms with Crippen LogP contribution < -0.4 is 24.5 Å². The summed E-state index contributed by atoms with van der Waals surface area (Å²) in [6.07, 6.45) is 12.2. The highest BCUT2D eigenvalue weighted by Crippen LogP contribution is 2.59. The molecule has 15 aromatic carbocycles. The minimum absolute atomic E-state index is 0.182. The molecule has 1 unspecified atom stereocenters. The van der Waals surface area contributed by atoms with E-state index in [1.807, 2.05) is 55.6 Å². The quantitative estimate of drug-likeness (QED) is 0.0245. The second-order valence-corrected chi connectivity index (χ2v) is 44.7. The van der Waals surface area contributed by atoms with Crippen LogP contribution in [0.5, 0.6) is 5.75 Å². The number of fused-ring (bicyclic) bond motifs is 10. The molecule has 15 aromatic rings. The summed E-state index contributed by atoms with van der Waals surface area (Å²) < 4.78 is 12.8. The van der Waals surface area contributed by atoms with Crippen LogP contribution in [0, 0.1) is 0 Å². The van der Waals surface area contributed by atoms with Crippen LogP contribution in [0.2, 0.25) is 0 Å². The number of alkyl halides is 1. The smallest absolute Gasteiger partial charge is 0.316 e. The van der Waals surface area contributed by atoms with E-state index in [2.05, 4.69) is 436 Å². The second kappa shape index (κ2) is 50.1. The van der Waals surface area contributed by atoms with Crippen molar-refractivity contribution in [2.24, 2.45) is 0 Å². The third kappa shape index (κ3) is 23.1. The van der Waals surface area contributed by atoms with Crippen LogP contribution in [0.25, 0.3) is 27.9 Å². The van der Waals surface area contributed by atoms with Gasteiger partial charge in [0.2, 0.25) is 0 Å². The van der Waals surface area contributed by atoms with Gasteiger partial charge in [0.1, 0.15) is 5.75 Å². The number of hydrogen-bond donors (Lipinski definition) is 3. The number of aliphatic hydroxyl groups is 2. The molecule has 1 fully saturated rings. The Bertz CT molecular complexity index is 6770. The number of hydrogen-bond acceptors (Lipinski definition) is 20. The Balaban J connectivity index is 0.000000121. The number of phenols is 1. The number of aromatic hydroxyl groups is 1. The summed E-state index contributed by atoms with van der Waals surface area (Å²) in [5.74, 6) is 3.82. The van der Waals surface area contributed by atoms with Crippen LogP contribution in [-0.2, 0) is 16.1 Å². The Labute approximate surface area is 887 Å². The van der Waals surface area contributed by atoms with E-state index in [-0.39, 0.29) is 18.2 Å². The number of esters is 1. The van der Waals surface area contributed by atoms with Crippen molar-refractivity contribution in [3.05, 3.63) is 471 Å². The van der Waals surface area contributed by atoms with Crippen molar-refractivity contribution in [1.29, 1.82) is 0 Å².